The summed E-state index contributed by atoms with van der Waals surface area (Å²) in [5.74, 6) is 0.759. The number of piperidine rings is 1. The van der Waals surface area contributed by atoms with Gasteiger partial charge in [0.15, 0.2) is 0 Å². The Morgan fingerprint density at radius 2 is 2.00 bits per heavy atom. The minimum Gasteiger partial charge on any atom is -0.316 e. The molecule has 0 spiro atoms. The third-order valence-corrected chi connectivity index (χ3v) is 4.69. The van der Waals surface area contributed by atoms with Crippen LogP contribution in [0.3, 0.4) is 0 Å². The van der Waals surface area contributed by atoms with Gasteiger partial charge in [-0.1, -0.05) is 0 Å². The van der Waals surface area contributed by atoms with E-state index in [4.69, 9.17) is 0 Å². The van der Waals surface area contributed by atoms with Gasteiger partial charge < -0.3 is 5.32 Å². The second-order valence-corrected chi connectivity index (χ2v) is 5.80. The van der Waals surface area contributed by atoms with Crippen LogP contribution in [0.25, 0.3) is 0 Å². The van der Waals surface area contributed by atoms with E-state index < -0.39 is 0 Å². The summed E-state index contributed by atoms with van der Waals surface area (Å²) < 4.78 is 27.1. The highest BCUT2D eigenvalue weighted by Gasteiger charge is 2.34. The highest BCUT2D eigenvalue weighted by atomic mass is 35.5. The molecule has 0 amide bonds. The van der Waals surface area contributed by atoms with Gasteiger partial charge in [-0.15, -0.1) is 12.4 Å². The number of hydrogen-bond acceptors (Lipinski definition) is 2. The monoisotopic (exact) mass is 302 g/mol. The second-order valence-electron chi connectivity index (χ2n) is 5.80. The molecular formula is C15H21ClF2N2. The number of likely N-dealkylation sites (tertiary alicyclic amines) is 1. The van der Waals surface area contributed by atoms with E-state index in [0.29, 0.717) is 11.5 Å². The summed E-state index contributed by atoms with van der Waals surface area (Å²) in [7, 11) is 0. The van der Waals surface area contributed by atoms with Gasteiger partial charge in [0, 0.05) is 18.2 Å². The molecule has 0 aliphatic carbocycles. The molecule has 20 heavy (non-hydrogen) atoms. The summed E-state index contributed by atoms with van der Waals surface area (Å²) in [6.45, 7) is 6.09. The molecule has 3 atom stereocenters. The van der Waals surface area contributed by atoms with Crippen LogP contribution < -0.4 is 5.32 Å². The molecule has 2 fully saturated rings. The predicted molar refractivity (Wildman–Crippen MR) is 78.1 cm³/mol. The lowest BCUT2D eigenvalue weighted by molar-refractivity contribution is 0.109. The first-order valence-electron chi connectivity index (χ1n) is 7.05. The Labute approximate surface area is 124 Å². The molecule has 2 heterocycles. The highest BCUT2D eigenvalue weighted by Crippen LogP contribution is 2.32. The molecule has 1 aromatic carbocycles. The lowest BCUT2D eigenvalue weighted by Gasteiger charge is -2.38. The Bertz CT molecular complexity index is 469. The lowest BCUT2D eigenvalue weighted by atomic mass is 9.87. The van der Waals surface area contributed by atoms with Crippen LogP contribution in [-0.2, 0) is 0 Å². The zero-order valence-electron chi connectivity index (χ0n) is 11.6. The number of benzene rings is 1. The van der Waals surface area contributed by atoms with Crippen molar-refractivity contribution in [3.05, 3.63) is 35.4 Å². The fraction of sp³-hybridized carbons (Fsp3) is 0.600. The number of fused-ring (bicyclic) bond motifs is 1. The standard InChI is InChI=1S/C15H20F2N2.ClH/c1-10(14-6-13(16)2-3-15(14)17)19-5-4-11-7-18-8-12(11)9-19;/h2-3,6,10-12,18H,4-5,7-9H2,1H3;1H. The van der Waals surface area contributed by atoms with E-state index in [2.05, 4.69) is 10.2 Å². The Hall–Kier alpha value is -0.710. The molecule has 0 bridgehead atoms. The molecule has 2 saturated heterocycles. The highest BCUT2D eigenvalue weighted by molar-refractivity contribution is 5.85. The fourth-order valence-electron chi connectivity index (χ4n) is 3.45. The minimum atomic E-state index is -0.360. The molecule has 5 heteroatoms. The number of rotatable bonds is 2. The maximum atomic E-state index is 13.8. The van der Waals surface area contributed by atoms with Crippen LogP contribution in [0.4, 0.5) is 8.78 Å². The zero-order chi connectivity index (χ0) is 13.4. The van der Waals surface area contributed by atoms with Gasteiger partial charge in [-0.05, 0) is 63.0 Å². The van der Waals surface area contributed by atoms with Gasteiger partial charge in [-0.3, -0.25) is 4.90 Å². The summed E-state index contributed by atoms with van der Waals surface area (Å²) >= 11 is 0. The first-order chi connectivity index (χ1) is 9.15. The number of nitrogens with one attached hydrogen (secondary N) is 1. The summed E-state index contributed by atoms with van der Waals surface area (Å²) in [4.78, 5) is 2.28. The summed E-state index contributed by atoms with van der Waals surface area (Å²) in [6.07, 6.45) is 1.15. The third kappa shape index (κ3) is 2.97. The van der Waals surface area contributed by atoms with Crippen molar-refractivity contribution in [1.82, 2.24) is 10.2 Å². The van der Waals surface area contributed by atoms with Gasteiger partial charge in [0.1, 0.15) is 11.6 Å². The molecule has 2 nitrogen and oxygen atoms in total. The maximum absolute atomic E-state index is 13.8. The lowest BCUT2D eigenvalue weighted by Crippen LogP contribution is -2.41. The fourth-order valence-corrected chi connectivity index (χ4v) is 3.45. The van der Waals surface area contributed by atoms with Gasteiger partial charge in [0.2, 0.25) is 0 Å². The topological polar surface area (TPSA) is 15.3 Å². The number of hydrogen-bond donors (Lipinski definition) is 1. The molecule has 1 aromatic rings. The third-order valence-electron chi connectivity index (χ3n) is 4.69. The zero-order valence-corrected chi connectivity index (χ0v) is 12.4. The van der Waals surface area contributed by atoms with Crippen molar-refractivity contribution in [2.45, 2.75) is 19.4 Å². The van der Waals surface area contributed by atoms with Crippen molar-refractivity contribution in [3.8, 4) is 0 Å². The predicted octanol–water partition coefficient (Wildman–Crippen LogP) is 2.99. The van der Waals surface area contributed by atoms with Crippen molar-refractivity contribution >= 4 is 12.4 Å². The average molecular weight is 303 g/mol. The van der Waals surface area contributed by atoms with Crippen molar-refractivity contribution < 1.29 is 8.78 Å². The van der Waals surface area contributed by atoms with Crippen LogP contribution in [0.15, 0.2) is 18.2 Å². The van der Waals surface area contributed by atoms with Gasteiger partial charge in [-0.2, -0.15) is 0 Å². The van der Waals surface area contributed by atoms with Crippen molar-refractivity contribution in [3.63, 3.8) is 0 Å². The van der Waals surface area contributed by atoms with E-state index in [1.54, 1.807) is 0 Å². The second kappa shape index (κ2) is 6.37. The Morgan fingerprint density at radius 1 is 1.25 bits per heavy atom. The minimum absolute atomic E-state index is 0. The molecule has 3 unspecified atom stereocenters. The van der Waals surface area contributed by atoms with Gasteiger partial charge >= 0.3 is 0 Å². The van der Waals surface area contributed by atoms with Crippen LogP contribution in [0.5, 0.6) is 0 Å². The molecular weight excluding hydrogens is 282 g/mol. The first-order valence-corrected chi connectivity index (χ1v) is 7.05. The smallest absolute Gasteiger partial charge is 0.128 e. The largest absolute Gasteiger partial charge is 0.316 e. The number of nitrogens with zero attached hydrogens (tertiary/aromatic N) is 1. The van der Waals surface area contributed by atoms with E-state index in [9.17, 15) is 8.78 Å². The average Bonchev–Trinajstić information content (AvgIpc) is 2.88. The molecule has 2 aliphatic heterocycles. The van der Waals surface area contributed by atoms with Crippen molar-refractivity contribution in [2.24, 2.45) is 11.8 Å². The van der Waals surface area contributed by atoms with E-state index in [1.807, 2.05) is 6.92 Å². The molecule has 0 radical (unpaired) electrons. The number of halogens is 3. The van der Waals surface area contributed by atoms with E-state index in [-0.39, 0.29) is 30.1 Å². The molecule has 1 N–H and O–H groups in total. The quantitative estimate of drug-likeness (QED) is 0.903. The Morgan fingerprint density at radius 3 is 2.80 bits per heavy atom. The normalized spacial score (nSPS) is 27.8. The van der Waals surface area contributed by atoms with E-state index in [1.165, 1.54) is 18.2 Å². The van der Waals surface area contributed by atoms with Crippen LogP contribution >= 0.6 is 12.4 Å². The van der Waals surface area contributed by atoms with Crippen molar-refractivity contribution in [1.29, 1.82) is 0 Å². The van der Waals surface area contributed by atoms with Crippen molar-refractivity contribution in [2.75, 3.05) is 26.2 Å². The molecule has 112 valence electrons. The molecule has 3 rings (SSSR count). The maximum Gasteiger partial charge on any atom is 0.128 e. The first kappa shape index (κ1) is 15.7. The van der Waals surface area contributed by atoms with Crippen LogP contribution in [-0.4, -0.2) is 31.1 Å². The van der Waals surface area contributed by atoms with Crippen LogP contribution in [0, 0.1) is 23.5 Å². The summed E-state index contributed by atoms with van der Waals surface area (Å²) in [5, 5.41) is 3.42. The SMILES string of the molecule is CC(c1cc(F)ccc1F)N1CCC2CNCC2C1.Cl. The summed E-state index contributed by atoms with van der Waals surface area (Å²) in [5.41, 5.74) is 0.476. The molecule has 0 aromatic heterocycles. The molecule has 2 aliphatic rings. The Kier molecular flexibility index (Phi) is 4.99. The Balaban J connectivity index is 0.00000147. The van der Waals surface area contributed by atoms with Crippen LogP contribution in [0.1, 0.15) is 24.9 Å². The molecule has 0 saturated carbocycles. The summed E-state index contributed by atoms with van der Waals surface area (Å²) in [6, 6.07) is 3.68. The van der Waals surface area contributed by atoms with Crippen LogP contribution in [0.2, 0.25) is 0 Å². The van der Waals surface area contributed by atoms with E-state index >= 15 is 0 Å². The van der Waals surface area contributed by atoms with Gasteiger partial charge in [-0.25, -0.2) is 8.78 Å². The van der Waals surface area contributed by atoms with Gasteiger partial charge in [0.05, 0.1) is 0 Å². The van der Waals surface area contributed by atoms with Gasteiger partial charge in [0.25, 0.3) is 0 Å². The van der Waals surface area contributed by atoms with E-state index in [0.717, 1.165) is 38.5 Å².